The van der Waals surface area contributed by atoms with Crippen LogP contribution in [0.15, 0.2) is 12.5 Å². The first-order valence-corrected chi connectivity index (χ1v) is 11.2. The molecule has 0 spiro atoms. The Balaban J connectivity index is 3.08. The molecular weight excluding hydrogens is 478 g/mol. The van der Waals surface area contributed by atoms with Gasteiger partial charge in [0.25, 0.3) is 0 Å². The molecule has 0 radical (unpaired) electrons. The maximum absolute atomic E-state index is 13.1. The quantitative estimate of drug-likeness (QED) is 0.117. The molecule has 0 aliphatic carbocycles. The van der Waals surface area contributed by atoms with E-state index in [1.165, 1.54) is 12.5 Å². The van der Waals surface area contributed by atoms with Crippen LogP contribution in [0.5, 0.6) is 0 Å². The second-order valence-electron chi connectivity index (χ2n) is 8.51. The van der Waals surface area contributed by atoms with Gasteiger partial charge in [-0.1, -0.05) is 13.8 Å². The summed E-state index contributed by atoms with van der Waals surface area (Å²) in [4.78, 5) is 78.6. The van der Waals surface area contributed by atoms with Gasteiger partial charge in [-0.15, -0.1) is 0 Å². The summed E-state index contributed by atoms with van der Waals surface area (Å²) in [5, 5.41) is 25.4. The molecule has 0 saturated carbocycles. The second kappa shape index (κ2) is 14.4. The predicted molar refractivity (Wildman–Crippen MR) is 124 cm³/mol. The van der Waals surface area contributed by atoms with Crippen LogP contribution < -0.4 is 27.4 Å². The Kier molecular flexibility index (Phi) is 12.0. The highest BCUT2D eigenvalue weighted by molar-refractivity contribution is 5.94. The van der Waals surface area contributed by atoms with Crippen molar-refractivity contribution in [3.05, 3.63) is 18.2 Å². The van der Waals surface area contributed by atoms with Crippen LogP contribution >= 0.6 is 0 Å². The molecule has 0 fully saturated rings. The molecule has 0 aliphatic rings. The Morgan fingerprint density at radius 2 is 1.47 bits per heavy atom. The molecule has 0 aliphatic heterocycles. The van der Waals surface area contributed by atoms with Gasteiger partial charge in [0, 0.05) is 31.2 Å². The van der Waals surface area contributed by atoms with E-state index >= 15 is 0 Å². The standard InChI is InChI=1S/C21H33N7O8/c1-10(2)17(23)20(34)28-14(7-11-8-24-9-25-11)19(33)26-12(4-6-16(30)31)18(32)27-13(21(35)36)3-5-15(22)29/h8-10,12-14,17H,3-7,23H2,1-2H3,(H2,22,29)(H,24,25)(H,26,33)(H,27,32)(H,28,34)(H,30,31)(H,35,36). The molecule has 0 saturated heterocycles. The number of aromatic amines is 1. The Bertz CT molecular complexity index is 935. The third-order valence-electron chi connectivity index (χ3n) is 5.21. The van der Waals surface area contributed by atoms with Crippen LogP contribution in [-0.2, 0) is 35.2 Å². The van der Waals surface area contributed by atoms with Crippen LogP contribution in [0.25, 0.3) is 0 Å². The van der Waals surface area contributed by atoms with Crippen LogP contribution in [-0.4, -0.2) is 79.9 Å². The fourth-order valence-corrected chi connectivity index (χ4v) is 3.02. The van der Waals surface area contributed by atoms with Gasteiger partial charge < -0.3 is 42.6 Å². The van der Waals surface area contributed by atoms with Crippen molar-refractivity contribution >= 4 is 35.6 Å². The molecule has 4 unspecified atom stereocenters. The summed E-state index contributed by atoms with van der Waals surface area (Å²) in [5.74, 6) is -6.13. The number of amides is 4. The zero-order valence-electron chi connectivity index (χ0n) is 20.0. The van der Waals surface area contributed by atoms with Crippen LogP contribution in [0.2, 0.25) is 0 Å². The molecule has 1 rings (SSSR count). The van der Waals surface area contributed by atoms with E-state index in [2.05, 4.69) is 25.9 Å². The number of nitrogens with zero attached hydrogens (tertiary/aromatic N) is 1. The number of carbonyl (C=O) groups excluding carboxylic acids is 4. The molecule has 1 aromatic heterocycles. The number of primary amides is 1. The normalized spacial score (nSPS) is 14.2. The van der Waals surface area contributed by atoms with Gasteiger partial charge in [0.05, 0.1) is 12.4 Å². The summed E-state index contributed by atoms with van der Waals surface area (Å²) >= 11 is 0. The van der Waals surface area contributed by atoms with E-state index in [4.69, 9.17) is 16.6 Å². The first-order chi connectivity index (χ1) is 16.8. The number of aliphatic carboxylic acids is 2. The van der Waals surface area contributed by atoms with Crippen molar-refractivity contribution < 1.29 is 39.0 Å². The van der Waals surface area contributed by atoms with Gasteiger partial charge in [-0.3, -0.25) is 24.0 Å². The number of nitrogens with one attached hydrogen (secondary N) is 4. The number of hydrogen-bond donors (Lipinski definition) is 8. The predicted octanol–water partition coefficient (Wildman–Crippen LogP) is -2.40. The van der Waals surface area contributed by atoms with Crippen LogP contribution in [0.3, 0.4) is 0 Å². The SMILES string of the molecule is CC(C)C(N)C(=O)NC(Cc1cnc[nH]1)C(=O)NC(CCC(=O)O)C(=O)NC(CCC(N)=O)C(=O)O. The highest BCUT2D eigenvalue weighted by atomic mass is 16.4. The van der Waals surface area contributed by atoms with Gasteiger partial charge in [-0.25, -0.2) is 9.78 Å². The molecule has 15 nitrogen and oxygen atoms in total. The monoisotopic (exact) mass is 511 g/mol. The lowest BCUT2D eigenvalue weighted by Crippen LogP contribution is -2.58. The van der Waals surface area contributed by atoms with Crippen LogP contribution in [0, 0.1) is 5.92 Å². The van der Waals surface area contributed by atoms with Gasteiger partial charge >= 0.3 is 11.9 Å². The van der Waals surface area contributed by atoms with E-state index in [0.717, 1.165) is 0 Å². The summed E-state index contributed by atoms with van der Waals surface area (Å²) in [6, 6.07) is -5.09. The van der Waals surface area contributed by atoms with Gasteiger partial charge in [0.15, 0.2) is 0 Å². The lowest BCUT2D eigenvalue weighted by atomic mass is 10.0. The Labute approximate surface area is 206 Å². The van der Waals surface area contributed by atoms with E-state index in [0.29, 0.717) is 5.69 Å². The number of carboxylic acid groups (broad SMARTS) is 2. The lowest BCUT2D eigenvalue weighted by Gasteiger charge is -2.25. The fraction of sp³-hybridized carbons (Fsp3) is 0.571. The smallest absolute Gasteiger partial charge is 0.326 e. The van der Waals surface area contributed by atoms with E-state index in [1.807, 2.05) is 0 Å². The highest BCUT2D eigenvalue weighted by Gasteiger charge is 2.31. The first-order valence-electron chi connectivity index (χ1n) is 11.2. The molecular formula is C21H33N7O8. The van der Waals surface area contributed by atoms with Crippen molar-refractivity contribution in [3.8, 4) is 0 Å². The summed E-state index contributed by atoms with van der Waals surface area (Å²) in [5.41, 5.74) is 11.4. The van der Waals surface area contributed by atoms with Crippen molar-refractivity contribution in [1.29, 1.82) is 0 Å². The topological polar surface area (TPSA) is 260 Å². The van der Waals surface area contributed by atoms with Crippen LogP contribution in [0.1, 0.15) is 45.2 Å². The zero-order chi connectivity index (χ0) is 27.4. The van der Waals surface area contributed by atoms with Gasteiger partial charge in [0.1, 0.15) is 18.1 Å². The number of carbonyl (C=O) groups is 6. The first kappa shape index (κ1) is 30.0. The number of aromatic nitrogens is 2. The largest absolute Gasteiger partial charge is 0.481 e. The number of imidazole rings is 1. The number of carboxylic acids is 2. The fourth-order valence-electron chi connectivity index (χ4n) is 3.02. The third-order valence-corrected chi connectivity index (χ3v) is 5.21. The van der Waals surface area contributed by atoms with Crippen molar-refractivity contribution in [2.24, 2.45) is 17.4 Å². The van der Waals surface area contributed by atoms with E-state index in [9.17, 15) is 33.9 Å². The summed E-state index contributed by atoms with van der Waals surface area (Å²) in [6.07, 6.45) is 1.23. The van der Waals surface area contributed by atoms with Gasteiger partial charge in [0.2, 0.25) is 23.6 Å². The number of hydrogen-bond acceptors (Lipinski definition) is 8. The second-order valence-corrected chi connectivity index (χ2v) is 8.51. The average molecular weight is 512 g/mol. The molecule has 4 atom stereocenters. The summed E-state index contributed by atoms with van der Waals surface area (Å²) in [7, 11) is 0. The van der Waals surface area contributed by atoms with Gasteiger partial charge in [-0.05, 0) is 18.8 Å². The van der Waals surface area contributed by atoms with Crippen molar-refractivity contribution in [3.63, 3.8) is 0 Å². The van der Waals surface area contributed by atoms with Crippen molar-refractivity contribution in [2.45, 2.75) is 70.1 Å². The average Bonchev–Trinajstić information content (AvgIpc) is 3.30. The van der Waals surface area contributed by atoms with Crippen molar-refractivity contribution in [1.82, 2.24) is 25.9 Å². The molecule has 200 valence electrons. The van der Waals surface area contributed by atoms with Gasteiger partial charge in [-0.2, -0.15) is 0 Å². The number of H-pyrrole nitrogens is 1. The van der Waals surface area contributed by atoms with E-state index < -0.39 is 66.2 Å². The van der Waals surface area contributed by atoms with Crippen molar-refractivity contribution in [2.75, 3.05) is 0 Å². The number of nitrogens with two attached hydrogens (primary N) is 2. The van der Waals surface area contributed by atoms with Crippen LogP contribution in [0.4, 0.5) is 0 Å². The molecule has 1 heterocycles. The highest BCUT2D eigenvalue weighted by Crippen LogP contribution is 2.06. The maximum atomic E-state index is 13.1. The zero-order valence-corrected chi connectivity index (χ0v) is 20.0. The molecule has 0 bridgehead atoms. The molecule has 15 heteroatoms. The minimum Gasteiger partial charge on any atom is -0.481 e. The molecule has 1 aromatic rings. The summed E-state index contributed by atoms with van der Waals surface area (Å²) in [6.45, 7) is 3.44. The molecule has 4 amide bonds. The Hall–Kier alpha value is -4.01. The van der Waals surface area contributed by atoms with E-state index in [-0.39, 0.29) is 31.6 Å². The van der Waals surface area contributed by atoms with E-state index in [1.54, 1.807) is 13.8 Å². The Morgan fingerprint density at radius 1 is 0.917 bits per heavy atom. The minimum atomic E-state index is -1.50. The molecule has 36 heavy (non-hydrogen) atoms. The number of rotatable bonds is 16. The minimum absolute atomic E-state index is 0.0496. The Morgan fingerprint density at radius 3 is 1.97 bits per heavy atom. The molecule has 10 N–H and O–H groups in total. The summed E-state index contributed by atoms with van der Waals surface area (Å²) < 4.78 is 0. The molecule has 0 aromatic carbocycles. The third kappa shape index (κ3) is 10.5. The maximum Gasteiger partial charge on any atom is 0.326 e. The lowest BCUT2D eigenvalue weighted by molar-refractivity contribution is -0.143.